The number of benzene rings is 1. The predicted molar refractivity (Wildman–Crippen MR) is 89.6 cm³/mol. The molecular formula is C16H16BrFN2OS. The molecule has 22 heavy (non-hydrogen) atoms. The molecule has 0 spiro atoms. The molecule has 2 heterocycles. The second-order valence-electron chi connectivity index (χ2n) is 5.28. The number of nitrogens with zero attached hydrogens (tertiary/aromatic N) is 2. The van der Waals surface area contributed by atoms with Crippen molar-refractivity contribution < 1.29 is 9.18 Å². The highest BCUT2D eigenvalue weighted by atomic mass is 79.9. The largest absolute Gasteiger partial charge is 0.336 e. The maximum atomic E-state index is 12.9. The van der Waals surface area contributed by atoms with Crippen molar-refractivity contribution in [2.45, 2.75) is 6.54 Å². The van der Waals surface area contributed by atoms with Gasteiger partial charge in [-0.25, -0.2) is 4.39 Å². The highest BCUT2D eigenvalue weighted by Crippen LogP contribution is 2.23. The first-order valence-electron chi connectivity index (χ1n) is 7.13. The maximum Gasteiger partial charge on any atom is 0.253 e. The van der Waals surface area contributed by atoms with Gasteiger partial charge in [-0.2, -0.15) is 0 Å². The van der Waals surface area contributed by atoms with Gasteiger partial charge < -0.3 is 4.90 Å². The number of halogens is 2. The van der Waals surface area contributed by atoms with Crippen LogP contribution in [-0.4, -0.2) is 41.9 Å². The molecule has 1 saturated heterocycles. The van der Waals surface area contributed by atoms with Crippen molar-refractivity contribution in [3.63, 3.8) is 0 Å². The third-order valence-electron chi connectivity index (χ3n) is 3.76. The van der Waals surface area contributed by atoms with Crippen LogP contribution < -0.4 is 0 Å². The summed E-state index contributed by atoms with van der Waals surface area (Å²) in [7, 11) is 0. The molecule has 2 aromatic rings. The van der Waals surface area contributed by atoms with Gasteiger partial charge >= 0.3 is 0 Å². The average molecular weight is 383 g/mol. The average Bonchev–Trinajstić information content (AvgIpc) is 2.93. The van der Waals surface area contributed by atoms with Crippen LogP contribution in [0.1, 0.15) is 15.2 Å². The lowest BCUT2D eigenvalue weighted by Gasteiger charge is -2.34. The lowest BCUT2D eigenvalue weighted by atomic mass is 10.2. The van der Waals surface area contributed by atoms with E-state index in [0.29, 0.717) is 18.7 Å². The third kappa shape index (κ3) is 3.74. The summed E-state index contributed by atoms with van der Waals surface area (Å²) in [5.74, 6) is -0.331. The van der Waals surface area contributed by atoms with Gasteiger partial charge in [-0.1, -0.05) is 0 Å². The molecule has 0 atom stereocenters. The predicted octanol–water partition coefficient (Wildman–Crippen LogP) is 3.61. The van der Waals surface area contributed by atoms with Gasteiger partial charge in [-0.3, -0.25) is 9.69 Å². The summed E-state index contributed by atoms with van der Waals surface area (Å²) in [5.41, 5.74) is 0.553. The Kier molecular flexibility index (Phi) is 4.90. The molecule has 0 N–H and O–H groups in total. The summed E-state index contributed by atoms with van der Waals surface area (Å²) >= 11 is 5.22. The molecule has 0 bridgehead atoms. The van der Waals surface area contributed by atoms with Crippen LogP contribution in [0.3, 0.4) is 0 Å². The molecular weight excluding hydrogens is 367 g/mol. The Hall–Kier alpha value is -1.24. The normalized spacial score (nSPS) is 16.0. The molecule has 0 saturated carbocycles. The van der Waals surface area contributed by atoms with Crippen molar-refractivity contribution in [1.29, 1.82) is 0 Å². The number of hydrogen-bond acceptors (Lipinski definition) is 3. The van der Waals surface area contributed by atoms with E-state index in [1.54, 1.807) is 23.5 Å². The molecule has 3 nitrogen and oxygen atoms in total. The lowest BCUT2D eigenvalue weighted by Crippen LogP contribution is -2.48. The highest BCUT2D eigenvalue weighted by molar-refractivity contribution is 9.11. The van der Waals surface area contributed by atoms with Gasteiger partial charge in [0.2, 0.25) is 0 Å². The standard InChI is InChI=1S/C16H16BrFN2OS/c17-15-6-5-14(22-15)11-19-7-9-20(10-8-19)16(21)12-1-3-13(18)4-2-12/h1-6H,7-11H2. The van der Waals surface area contributed by atoms with Crippen molar-refractivity contribution in [2.24, 2.45) is 0 Å². The summed E-state index contributed by atoms with van der Waals surface area (Å²) in [6.45, 7) is 4.07. The minimum atomic E-state index is -0.316. The second-order valence-corrected chi connectivity index (χ2v) is 7.83. The Balaban J connectivity index is 1.55. The van der Waals surface area contributed by atoms with Crippen molar-refractivity contribution >= 4 is 33.2 Å². The summed E-state index contributed by atoms with van der Waals surface area (Å²) in [4.78, 5) is 17.9. The Morgan fingerprint density at radius 2 is 1.77 bits per heavy atom. The smallest absolute Gasteiger partial charge is 0.253 e. The van der Waals surface area contributed by atoms with Crippen molar-refractivity contribution in [3.8, 4) is 0 Å². The van der Waals surface area contributed by atoms with Gasteiger partial charge in [0.1, 0.15) is 5.82 Å². The van der Waals surface area contributed by atoms with Gasteiger partial charge in [0.15, 0.2) is 0 Å². The van der Waals surface area contributed by atoms with Crippen LogP contribution in [0.4, 0.5) is 4.39 Å². The number of rotatable bonds is 3. The molecule has 1 amide bonds. The molecule has 0 aliphatic carbocycles. The Bertz CT molecular complexity index is 650. The molecule has 1 aliphatic rings. The second kappa shape index (κ2) is 6.89. The summed E-state index contributed by atoms with van der Waals surface area (Å²) in [5, 5.41) is 0. The van der Waals surface area contributed by atoms with E-state index in [0.717, 1.165) is 23.4 Å². The summed E-state index contributed by atoms with van der Waals surface area (Å²) < 4.78 is 14.1. The SMILES string of the molecule is O=C(c1ccc(F)cc1)N1CCN(Cc2ccc(Br)s2)CC1. The van der Waals surface area contributed by atoms with Crippen LogP contribution in [0, 0.1) is 5.82 Å². The number of carbonyl (C=O) groups excluding carboxylic acids is 1. The van der Waals surface area contributed by atoms with Crippen LogP contribution in [-0.2, 0) is 6.54 Å². The van der Waals surface area contributed by atoms with Crippen molar-refractivity contribution in [2.75, 3.05) is 26.2 Å². The van der Waals surface area contributed by atoms with E-state index < -0.39 is 0 Å². The zero-order valence-corrected chi connectivity index (χ0v) is 14.4. The minimum absolute atomic E-state index is 0.0153. The van der Waals surface area contributed by atoms with E-state index in [1.807, 2.05) is 4.90 Å². The molecule has 1 aromatic carbocycles. The number of piperazine rings is 1. The molecule has 1 aliphatic heterocycles. The van der Waals surface area contributed by atoms with E-state index in [4.69, 9.17) is 0 Å². The van der Waals surface area contributed by atoms with Crippen molar-refractivity contribution in [1.82, 2.24) is 9.80 Å². The molecule has 1 aromatic heterocycles. The minimum Gasteiger partial charge on any atom is -0.336 e. The van der Waals surface area contributed by atoms with E-state index in [2.05, 4.69) is 33.0 Å². The quantitative estimate of drug-likeness (QED) is 0.809. The van der Waals surface area contributed by atoms with E-state index in [9.17, 15) is 9.18 Å². The van der Waals surface area contributed by atoms with Gasteiger partial charge in [-0.05, 0) is 52.3 Å². The zero-order valence-electron chi connectivity index (χ0n) is 12.0. The van der Waals surface area contributed by atoms with Crippen LogP contribution in [0.25, 0.3) is 0 Å². The highest BCUT2D eigenvalue weighted by Gasteiger charge is 2.22. The fourth-order valence-corrected chi connectivity index (χ4v) is 4.07. The third-order valence-corrected chi connectivity index (χ3v) is 5.37. The van der Waals surface area contributed by atoms with Crippen molar-refractivity contribution in [3.05, 3.63) is 56.4 Å². The first kappa shape index (κ1) is 15.6. The van der Waals surface area contributed by atoms with Crippen LogP contribution in [0.15, 0.2) is 40.2 Å². The first-order chi connectivity index (χ1) is 10.6. The number of amides is 1. The lowest BCUT2D eigenvalue weighted by molar-refractivity contribution is 0.0629. The monoisotopic (exact) mass is 382 g/mol. The van der Waals surface area contributed by atoms with E-state index in [1.165, 1.54) is 17.0 Å². The Labute approximate surface area is 141 Å². The zero-order chi connectivity index (χ0) is 15.5. The Morgan fingerprint density at radius 1 is 1.09 bits per heavy atom. The van der Waals surface area contributed by atoms with Crippen LogP contribution in [0.2, 0.25) is 0 Å². The summed E-state index contributed by atoms with van der Waals surface area (Å²) in [6.07, 6.45) is 0. The van der Waals surface area contributed by atoms with Gasteiger partial charge in [0, 0.05) is 43.2 Å². The fourth-order valence-electron chi connectivity index (χ4n) is 2.54. The van der Waals surface area contributed by atoms with Gasteiger partial charge in [0.25, 0.3) is 5.91 Å². The molecule has 0 unspecified atom stereocenters. The molecule has 3 rings (SSSR count). The molecule has 1 fully saturated rings. The van der Waals surface area contributed by atoms with E-state index in [-0.39, 0.29) is 11.7 Å². The fraction of sp³-hybridized carbons (Fsp3) is 0.312. The maximum absolute atomic E-state index is 12.9. The number of carbonyl (C=O) groups is 1. The molecule has 0 radical (unpaired) electrons. The molecule has 116 valence electrons. The van der Waals surface area contributed by atoms with E-state index >= 15 is 0 Å². The Morgan fingerprint density at radius 3 is 2.36 bits per heavy atom. The van der Waals surface area contributed by atoms with Gasteiger partial charge in [0.05, 0.1) is 3.79 Å². The van der Waals surface area contributed by atoms with Crippen LogP contribution >= 0.6 is 27.3 Å². The number of hydrogen-bond donors (Lipinski definition) is 0. The van der Waals surface area contributed by atoms with Gasteiger partial charge in [-0.15, -0.1) is 11.3 Å². The molecule has 6 heteroatoms. The number of thiophene rings is 1. The summed E-state index contributed by atoms with van der Waals surface area (Å²) in [6, 6.07) is 9.95. The first-order valence-corrected chi connectivity index (χ1v) is 8.74. The van der Waals surface area contributed by atoms with Crippen LogP contribution in [0.5, 0.6) is 0 Å². The topological polar surface area (TPSA) is 23.6 Å².